The van der Waals surface area contributed by atoms with Gasteiger partial charge in [0, 0.05) is 22.5 Å². The van der Waals surface area contributed by atoms with Gasteiger partial charge in [-0.2, -0.15) is 0 Å². The molecule has 2 aromatic rings. The summed E-state index contributed by atoms with van der Waals surface area (Å²) in [6, 6.07) is 7.14. The van der Waals surface area contributed by atoms with Crippen LogP contribution in [0.4, 0.5) is 11.6 Å². The quantitative estimate of drug-likeness (QED) is 0.841. The van der Waals surface area contributed by atoms with Crippen LogP contribution in [0.25, 0.3) is 0 Å². The number of aromatic nitrogens is 2. The van der Waals surface area contributed by atoms with Crippen LogP contribution in [-0.2, 0) is 0 Å². The summed E-state index contributed by atoms with van der Waals surface area (Å²) in [7, 11) is 0. The molecular formula is C11H10ClN3O. The molecule has 0 bridgehead atoms. The Balaban J connectivity index is 2.24. The number of H-pyrrole nitrogens is 1. The van der Waals surface area contributed by atoms with Crippen molar-refractivity contribution >= 4 is 23.2 Å². The van der Waals surface area contributed by atoms with Gasteiger partial charge in [-0.1, -0.05) is 11.6 Å². The largest absolute Gasteiger partial charge is 0.326 e. The highest BCUT2D eigenvalue weighted by atomic mass is 35.5. The lowest BCUT2D eigenvalue weighted by Crippen LogP contribution is -2.12. The second kappa shape index (κ2) is 4.37. The van der Waals surface area contributed by atoms with Crippen LogP contribution in [-0.4, -0.2) is 9.97 Å². The van der Waals surface area contributed by atoms with Crippen LogP contribution in [0.2, 0.25) is 5.02 Å². The molecule has 0 spiro atoms. The Kier molecular flexibility index (Phi) is 2.92. The summed E-state index contributed by atoms with van der Waals surface area (Å²) in [5.41, 5.74) is 1.25. The summed E-state index contributed by atoms with van der Waals surface area (Å²) < 4.78 is 0. The van der Waals surface area contributed by atoms with Crippen molar-refractivity contribution in [2.45, 2.75) is 6.92 Å². The maximum Gasteiger partial charge on any atom is 0.255 e. The summed E-state index contributed by atoms with van der Waals surface area (Å²) >= 11 is 5.76. The molecule has 0 aliphatic rings. The van der Waals surface area contributed by atoms with Gasteiger partial charge in [0.25, 0.3) is 5.56 Å². The fourth-order valence-electron chi connectivity index (χ4n) is 1.19. The fourth-order valence-corrected chi connectivity index (χ4v) is 1.32. The molecule has 0 fully saturated rings. The minimum absolute atomic E-state index is 0.147. The van der Waals surface area contributed by atoms with E-state index in [0.29, 0.717) is 16.5 Å². The molecule has 2 N–H and O–H groups in total. The summed E-state index contributed by atoms with van der Waals surface area (Å²) in [4.78, 5) is 18.0. The van der Waals surface area contributed by atoms with Gasteiger partial charge >= 0.3 is 0 Å². The average molecular weight is 236 g/mol. The third kappa shape index (κ3) is 2.41. The molecule has 0 radical (unpaired) electrons. The molecule has 82 valence electrons. The molecule has 1 aromatic carbocycles. The standard InChI is InChI=1S/C11H10ClN3O/c1-7-6-13-11(15-10(7)16)14-9-4-2-8(12)3-5-9/h2-6H,1H3,(H2,13,14,15,16). The van der Waals surface area contributed by atoms with Crippen molar-refractivity contribution in [3.8, 4) is 0 Å². The molecule has 0 saturated carbocycles. The summed E-state index contributed by atoms with van der Waals surface area (Å²) in [6.45, 7) is 1.71. The van der Waals surface area contributed by atoms with E-state index in [-0.39, 0.29) is 5.56 Å². The van der Waals surface area contributed by atoms with Gasteiger partial charge < -0.3 is 5.32 Å². The smallest absolute Gasteiger partial charge is 0.255 e. The second-order valence-electron chi connectivity index (χ2n) is 3.38. The van der Waals surface area contributed by atoms with Crippen LogP contribution < -0.4 is 10.9 Å². The lowest BCUT2D eigenvalue weighted by Gasteiger charge is -2.04. The van der Waals surface area contributed by atoms with Crippen LogP contribution in [0, 0.1) is 6.92 Å². The van der Waals surface area contributed by atoms with Crippen molar-refractivity contribution < 1.29 is 0 Å². The first kappa shape index (κ1) is 10.7. The fraction of sp³-hybridized carbons (Fsp3) is 0.0909. The van der Waals surface area contributed by atoms with E-state index in [1.54, 1.807) is 19.1 Å². The zero-order valence-electron chi connectivity index (χ0n) is 8.62. The van der Waals surface area contributed by atoms with E-state index in [1.807, 2.05) is 12.1 Å². The van der Waals surface area contributed by atoms with Crippen LogP contribution >= 0.6 is 11.6 Å². The van der Waals surface area contributed by atoms with E-state index in [2.05, 4.69) is 15.3 Å². The highest BCUT2D eigenvalue weighted by Crippen LogP contribution is 2.15. The first-order valence-corrected chi connectivity index (χ1v) is 5.11. The molecule has 0 saturated heterocycles. The predicted octanol–water partition coefficient (Wildman–Crippen LogP) is 2.48. The number of rotatable bonds is 2. The summed E-state index contributed by atoms with van der Waals surface area (Å²) in [5, 5.41) is 3.64. The highest BCUT2D eigenvalue weighted by molar-refractivity contribution is 6.30. The minimum atomic E-state index is -0.147. The Bertz CT molecular complexity index is 548. The normalized spacial score (nSPS) is 10.1. The third-order valence-electron chi connectivity index (χ3n) is 2.08. The van der Waals surface area contributed by atoms with Crippen LogP contribution in [0.15, 0.2) is 35.3 Å². The van der Waals surface area contributed by atoms with Crippen LogP contribution in [0.1, 0.15) is 5.56 Å². The zero-order valence-corrected chi connectivity index (χ0v) is 9.38. The van der Waals surface area contributed by atoms with E-state index in [4.69, 9.17) is 11.6 Å². The molecule has 16 heavy (non-hydrogen) atoms. The van der Waals surface area contributed by atoms with Crippen molar-refractivity contribution in [1.29, 1.82) is 0 Å². The predicted molar refractivity (Wildman–Crippen MR) is 64.3 cm³/mol. The summed E-state index contributed by atoms with van der Waals surface area (Å²) in [6.07, 6.45) is 1.52. The number of hydrogen-bond acceptors (Lipinski definition) is 3. The average Bonchev–Trinajstić information content (AvgIpc) is 2.27. The maximum absolute atomic E-state index is 11.3. The van der Waals surface area contributed by atoms with Gasteiger partial charge in [0.15, 0.2) is 0 Å². The number of hydrogen-bond donors (Lipinski definition) is 2. The van der Waals surface area contributed by atoms with Gasteiger partial charge in [-0.3, -0.25) is 9.78 Å². The molecule has 0 aliphatic heterocycles. The number of anilines is 2. The lowest BCUT2D eigenvalue weighted by atomic mass is 10.3. The zero-order chi connectivity index (χ0) is 11.5. The lowest BCUT2D eigenvalue weighted by molar-refractivity contribution is 1.08. The van der Waals surface area contributed by atoms with Crippen molar-refractivity contribution in [1.82, 2.24) is 9.97 Å². The first-order valence-electron chi connectivity index (χ1n) is 4.73. The first-order chi connectivity index (χ1) is 7.65. The minimum Gasteiger partial charge on any atom is -0.326 e. The Morgan fingerprint density at radius 3 is 2.62 bits per heavy atom. The number of nitrogens with zero attached hydrogens (tertiary/aromatic N) is 1. The van der Waals surface area contributed by atoms with E-state index < -0.39 is 0 Å². The Morgan fingerprint density at radius 1 is 1.31 bits per heavy atom. The molecular weight excluding hydrogens is 226 g/mol. The second-order valence-corrected chi connectivity index (χ2v) is 3.81. The molecule has 1 aromatic heterocycles. The molecule has 2 rings (SSSR count). The number of benzene rings is 1. The van der Waals surface area contributed by atoms with Gasteiger partial charge in [0.05, 0.1) is 0 Å². The monoisotopic (exact) mass is 235 g/mol. The van der Waals surface area contributed by atoms with E-state index in [1.165, 1.54) is 6.20 Å². The van der Waals surface area contributed by atoms with Gasteiger partial charge in [0.1, 0.15) is 0 Å². The van der Waals surface area contributed by atoms with Gasteiger partial charge in [-0.15, -0.1) is 0 Å². The number of halogens is 1. The van der Waals surface area contributed by atoms with E-state index >= 15 is 0 Å². The Morgan fingerprint density at radius 2 is 2.00 bits per heavy atom. The van der Waals surface area contributed by atoms with Gasteiger partial charge in [-0.25, -0.2) is 4.98 Å². The molecule has 0 aliphatic carbocycles. The Labute approximate surface area is 97.3 Å². The molecule has 0 amide bonds. The summed E-state index contributed by atoms with van der Waals surface area (Å²) in [5.74, 6) is 0.415. The van der Waals surface area contributed by atoms with Crippen molar-refractivity contribution in [3.05, 3.63) is 51.4 Å². The van der Waals surface area contributed by atoms with Gasteiger partial charge in [-0.05, 0) is 31.2 Å². The van der Waals surface area contributed by atoms with E-state index in [9.17, 15) is 4.79 Å². The van der Waals surface area contributed by atoms with Crippen LogP contribution in [0.3, 0.4) is 0 Å². The third-order valence-corrected chi connectivity index (χ3v) is 2.34. The Hall–Kier alpha value is -1.81. The maximum atomic E-state index is 11.3. The van der Waals surface area contributed by atoms with Gasteiger partial charge in [0.2, 0.25) is 5.95 Å². The molecule has 4 nitrogen and oxygen atoms in total. The van der Waals surface area contributed by atoms with E-state index in [0.717, 1.165) is 5.69 Å². The number of aromatic amines is 1. The molecule has 0 atom stereocenters. The van der Waals surface area contributed by atoms with Crippen molar-refractivity contribution in [3.63, 3.8) is 0 Å². The number of aryl methyl sites for hydroxylation is 1. The molecule has 0 unspecified atom stereocenters. The number of nitrogens with one attached hydrogen (secondary N) is 2. The highest BCUT2D eigenvalue weighted by Gasteiger charge is 1.98. The molecule has 5 heteroatoms. The topological polar surface area (TPSA) is 57.8 Å². The van der Waals surface area contributed by atoms with Crippen molar-refractivity contribution in [2.24, 2.45) is 0 Å². The van der Waals surface area contributed by atoms with Crippen LogP contribution in [0.5, 0.6) is 0 Å². The molecule has 1 heterocycles. The SMILES string of the molecule is Cc1cnc(Nc2ccc(Cl)cc2)[nH]c1=O. The van der Waals surface area contributed by atoms with Crippen molar-refractivity contribution in [2.75, 3.05) is 5.32 Å².